The number of carbonyl (C=O) groups is 2. The largest absolute Gasteiger partial charge is 0.448 e. The molecule has 28 heavy (non-hydrogen) atoms. The fourth-order valence-corrected chi connectivity index (χ4v) is 3.09. The van der Waals surface area contributed by atoms with Crippen molar-refractivity contribution in [1.82, 2.24) is 14.8 Å². The van der Waals surface area contributed by atoms with Crippen LogP contribution >= 0.6 is 0 Å². The molecular weight excluding hydrogens is 372 g/mol. The Morgan fingerprint density at radius 1 is 1.39 bits per heavy atom. The Balaban J connectivity index is 1.52. The van der Waals surface area contributed by atoms with E-state index in [-0.39, 0.29) is 42.3 Å². The summed E-state index contributed by atoms with van der Waals surface area (Å²) in [5.74, 6) is -0.826. The van der Waals surface area contributed by atoms with Gasteiger partial charge in [0.05, 0.1) is 23.1 Å². The number of non-ortho nitro benzene ring substituents is 1. The van der Waals surface area contributed by atoms with Crippen LogP contribution in [0.1, 0.15) is 19.8 Å². The number of cyclic esters (lactones) is 1. The van der Waals surface area contributed by atoms with Crippen LogP contribution in [0.25, 0.3) is 11.1 Å². The van der Waals surface area contributed by atoms with Crippen molar-refractivity contribution < 1.29 is 23.7 Å². The minimum atomic E-state index is -0.628. The van der Waals surface area contributed by atoms with Crippen molar-refractivity contribution in [3.63, 3.8) is 0 Å². The number of nitro benzene ring substituents is 1. The van der Waals surface area contributed by atoms with E-state index >= 15 is 0 Å². The first kappa shape index (κ1) is 19.4. The molecule has 1 aromatic carbocycles. The van der Waals surface area contributed by atoms with E-state index in [0.717, 1.165) is 0 Å². The van der Waals surface area contributed by atoms with Crippen molar-refractivity contribution in [1.29, 1.82) is 0 Å². The molecular formula is C17H20N4O7. The molecule has 1 saturated heterocycles. The summed E-state index contributed by atoms with van der Waals surface area (Å²) in [5.41, 5.74) is 0.412. The molecule has 2 aromatic rings. The Labute approximate surface area is 159 Å². The van der Waals surface area contributed by atoms with E-state index in [2.05, 4.69) is 5.32 Å². The summed E-state index contributed by atoms with van der Waals surface area (Å²) in [5, 5.41) is 13.6. The minimum Gasteiger partial charge on any atom is -0.448 e. The predicted molar refractivity (Wildman–Crippen MR) is 96.9 cm³/mol. The van der Waals surface area contributed by atoms with Crippen molar-refractivity contribution in [3.05, 3.63) is 38.9 Å². The zero-order valence-electron chi connectivity index (χ0n) is 15.3. The number of amides is 2. The number of carbonyl (C=O) groups excluding carboxylic acids is 2. The second kappa shape index (κ2) is 8.11. The molecule has 150 valence electrons. The number of rotatable bonds is 8. The van der Waals surface area contributed by atoms with Crippen molar-refractivity contribution in [3.8, 4) is 0 Å². The van der Waals surface area contributed by atoms with E-state index in [4.69, 9.17) is 9.15 Å². The third kappa shape index (κ3) is 4.30. The zero-order valence-corrected chi connectivity index (χ0v) is 15.3. The van der Waals surface area contributed by atoms with E-state index in [9.17, 15) is 24.5 Å². The molecule has 1 aromatic heterocycles. The number of nitrogens with one attached hydrogen (secondary N) is 1. The van der Waals surface area contributed by atoms with Crippen molar-refractivity contribution in [2.45, 2.75) is 32.4 Å². The van der Waals surface area contributed by atoms with Crippen molar-refractivity contribution in [2.75, 3.05) is 19.7 Å². The van der Waals surface area contributed by atoms with Gasteiger partial charge in [-0.05, 0) is 19.4 Å². The smallest absolute Gasteiger partial charge is 0.419 e. The van der Waals surface area contributed by atoms with Crippen LogP contribution in [0.3, 0.4) is 0 Å². The van der Waals surface area contributed by atoms with Gasteiger partial charge in [0.1, 0.15) is 6.61 Å². The van der Waals surface area contributed by atoms with E-state index in [0.29, 0.717) is 31.6 Å². The highest BCUT2D eigenvalue weighted by Crippen LogP contribution is 2.20. The third-order valence-electron chi connectivity index (χ3n) is 4.39. The van der Waals surface area contributed by atoms with E-state index in [1.54, 1.807) is 6.92 Å². The number of nitrogens with zero attached hydrogens (tertiary/aromatic N) is 3. The number of oxazole rings is 1. The monoisotopic (exact) mass is 392 g/mol. The van der Waals surface area contributed by atoms with E-state index in [1.165, 1.54) is 27.7 Å². The number of benzene rings is 1. The molecule has 0 bridgehead atoms. The average molecular weight is 392 g/mol. The third-order valence-corrected chi connectivity index (χ3v) is 4.39. The van der Waals surface area contributed by atoms with Crippen LogP contribution in [0.4, 0.5) is 10.5 Å². The van der Waals surface area contributed by atoms with Crippen LogP contribution < -0.4 is 11.1 Å². The minimum absolute atomic E-state index is 0.134. The number of ether oxygens (including phenoxy) is 1. The van der Waals surface area contributed by atoms with Gasteiger partial charge in [-0.3, -0.25) is 19.5 Å². The second-order valence-electron chi connectivity index (χ2n) is 6.56. The summed E-state index contributed by atoms with van der Waals surface area (Å²) >= 11 is 0. The molecule has 1 atom stereocenters. The first-order chi connectivity index (χ1) is 13.3. The molecule has 2 amide bonds. The standard InChI is InChI=1S/C17H20N4O7/c1-11(10-19-7-8-27-16(19)23)18-15(22)3-2-6-20-13-5-4-12(21(25)26)9-14(13)28-17(20)24/h4-5,9,11H,2-3,6-8,10H2,1H3,(H,18,22)/t11-/m0/s1. The topological polar surface area (TPSA) is 137 Å². The Kier molecular flexibility index (Phi) is 5.62. The second-order valence-corrected chi connectivity index (χ2v) is 6.56. The Morgan fingerprint density at radius 3 is 2.86 bits per heavy atom. The summed E-state index contributed by atoms with van der Waals surface area (Å²) in [6.07, 6.45) is 0.184. The molecule has 1 fully saturated rings. The number of aryl methyl sites for hydroxylation is 1. The lowest BCUT2D eigenvalue weighted by Gasteiger charge is -2.19. The summed E-state index contributed by atoms with van der Waals surface area (Å²) in [6.45, 7) is 3.27. The normalized spacial score (nSPS) is 14.9. The maximum atomic E-state index is 12.1. The van der Waals surface area contributed by atoms with Crippen LogP contribution in [-0.2, 0) is 16.1 Å². The molecule has 1 aliphatic rings. The first-order valence-electron chi connectivity index (χ1n) is 8.84. The lowest BCUT2D eigenvalue weighted by Crippen LogP contribution is -2.42. The van der Waals surface area contributed by atoms with Crippen LogP contribution in [0, 0.1) is 10.1 Å². The number of hydrogen-bond acceptors (Lipinski definition) is 7. The molecule has 2 heterocycles. The van der Waals surface area contributed by atoms with Crippen LogP contribution in [0.2, 0.25) is 0 Å². The molecule has 0 spiro atoms. The van der Waals surface area contributed by atoms with Gasteiger partial charge in [-0.1, -0.05) is 0 Å². The van der Waals surface area contributed by atoms with E-state index in [1.807, 2.05) is 0 Å². The quantitative estimate of drug-likeness (QED) is 0.527. The van der Waals surface area contributed by atoms with E-state index < -0.39 is 10.7 Å². The Bertz CT molecular complexity index is 964. The molecule has 0 unspecified atom stereocenters. The molecule has 3 rings (SSSR count). The number of aromatic nitrogens is 1. The molecule has 11 heteroatoms. The summed E-state index contributed by atoms with van der Waals surface area (Å²) < 4.78 is 11.2. The summed E-state index contributed by atoms with van der Waals surface area (Å²) in [7, 11) is 0. The van der Waals surface area contributed by atoms with Crippen LogP contribution in [0.5, 0.6) is 0 Å². The molecule has 11 nitrogen and oxygen atoms in total. The summed E-state index contributed by atoms with van der Waals surface area (Å²) in [6, 6.07) is 3.72. The Hall–Kier alpha value is -3.37. The highest BCUT2D eigenvalue weighted by atomic mass is 16.6. The van der Waals surface area contributed by atoms with Crippen molar-refractivity contribution >= 4 is 28.8 Å². The molecule has 1 aliphatic heterocycles. The maximum Gasteiger partial charge on any atom is 0.419 e. The lowest BCUT2D eigenvalue weighted by molar-refractivity contribution is -0.384. The van der Waals surface area contributed by atoms with Crippen molar-refractivity contribution in [2.24, 2.45) is 0 Å². The van der Waals surface area contributed by atoms with Gasteiger partial charge >= 0.3 is 11.8 Å². The Morgan fingerprint density at radius 2 is 2.18 bits per heavy atom. The fourth-order valence-electron chi connectivity index (χ4n) is 3.09. The van der Waals surface area contributed by atoms with Gasteiger partial charge in [-0.15, -0.1) is 0 Å². The predicted octanol–water partition coefficient (Wildman–Crippen LogP) is 1.24. The molecule has 1 N–H and O–H groups in total. The van der Waals surface area contributed by atoms with Crippen LogP contribution in [-0.4, -0.2) is 52.1 Å². The van der Waals surface area contributed by atoms with Gasteiger partial charge in [-0.25, -0.2) is 9.59 Å². The van der Waals surface area contributed by atoms with Gasteiger partial charge < -0.3 is 19.4 Å². The zero-order chi connectivity index (χ0) is 20.3. The first-order valence-corrected chi connectivity index (χ1v) is 8.84. The fraction of sp³-hybridized carbons (Fsp3) is 0.471. The lowest BCUT2D eigenvalue weighted by atomic mass is 10.2. The molecule has 0 aliphatic carbocycles. The van der Waals surface area contributed by atoms with Gasteiger partial charge in [0.2, 0.25) is 5.91 Å². The van der Waals surface area contributed by atoms with Gasteiger partial charge in [0.15, 0.2) is 5.58 Å². The molecule has 0 radical (unpaired) electrons. The van der Waals surface area contributed by atoms with Gasteiger partial charge in [-0.2, -0.15) is 0 Å². The van der Waals surface area contributed by atoms with Gasteiger partial charge in [0, 0.05) is 31.6 Å². The molecule has 0 saturated carbocycles. The summed E-state index contributed by atoms with van der Waals surface area (Å²) in [4.78, 5) is 47.2. The van der Waals surface area contributed by atoms with Gasteiger partial charge in [0.25, 0.3) is 5.69 Å². The number of fused-ring (bicyclic) bond motifs is 1. The highest BCUT2D eigenvalue weighted by Gasteiger charge is 2.24. The SMILES string of the molecule is C[C@@H](CN1CCOC1=O)NC(=O)CCCn1c(=O)oc2cc([N+](=O)[O-])ccc21. The number of hydrogen-bond donors (Lipinski definition) is 1. The van der Waals surface area contributed by atoms with Crippen LogP contribution in [0.15, 0.2) is 27.4 Å². The number of nitro groups is 1. The highest BCUT2D eigenvalue weighted by molar-refractivity contribution is 5.77. The maximum absolute atomic E-state index is 12.1. The average Bonchev–Trinajstić information content (AvgIpc) is 3.17.